The highest BCUT2D eigenvalue weighted by molar-refractivity contribution is 5.82. The lowest BCUT2D eigenvalue weighted by molar-refractivity contribution is -0.137. The molecule has 2 heterocycles. The quantitative estimate of drug-likeness (QED) is 0.868. The zero-order valence-electron chi connectivity index (χ0n) is 13.5. The molecule has 7 heteroatoms. The standard InChI is InChI=1S/C18H19F3N2O2/c19-18(20,21)13-7-10-2-1-9(6-14(10)23-17(13)22)5-11-3-4-12-8-15(24)25-16(11)12/h1-2,6-7,11-12,15-16,24H,3-5,8H2,(H2,22,23). The molecule has 1 aliphatic carbocycles. The minimum absolute atomic E-state index is 0.0660. The van der Waals surface area contributed by atoms with Gasteiger partial charge in [-0.1, -0.05) is 12.1 Å². The summed E-state index contributed by atoms with van der Waals surface area (Å²) in [6.45, 7) is 0. The van der Waals surface area contributed by atoms with Crippen LogP contribution in [0.1, 0.15) is 30.4 Å². The van der Waals surface area contributed by atoms with E-state index < -0.39 is 23.8 Å². The fourth-order valence-electron chi connectivity index (χ4n) is 4.21. The third-order valence-electron chi connectivity index (χ3n) is 5.37. The van der Waals surface area contributed by atoms with Crippen molar-refractivity contribution in [3.8, 4) is 0 Å². The largest absolute Gasteiger partial charge is 0.419 e. The maximum absolute atomic E-state index is 12.9. The monoisotopic (exact) mass is 352 g/mol. The van der Waals surface area contributed by atoms with Gasteiger partial charge in [-0.2, -0.15) is 13.2 Å². The molecule has 4 rings (SSSR count). The van der Waals surface area contributed by atoms with Gasteiger partial charge in [0.05, 0.1) is 17.2 Å². The summed E-state index contributed by atoms with van der Waals surface area (Å²) >= 11 is 0. The third kappa shape index (κ3) is 3.06. The van der Waals surface area contributed by atoms with Crippen LogP contribution in [0.4, 0.5) is 19.0 Å². The van der Waals surface area contributed by atoms with Gasteiger partial charge in [0.25, 0.3) is 0 Å². The molecule has 1 aromatic carbocycles. The Labute approximate surface area is 142 Å². The van der Waals surface area contributed by atoms with Crippen LogP contribution in [0.15, 0.2) is 24.3 Å². The van der Waals surface area contributed by atoms with E-state index in [1.165, 1.54) is 0 Å². The molecule has 4 nitrogen and oxygen atoms in total. The average molecular weight is 352 g/mol. The first kappa shape index (κ1) is 16.6. The van der Waals surface area contributed by atoms with E-state index in [0.717, 1.165) is 30.9 Å². The van der Waals surface area contributed by atoms with Gasteiger partial charge in [-0.05, 0) is 48.8 Å². The number of benzene rings is 1. The number of rotatable bonds is 2. The molecule has 0 spiro atoms. The van der Waals surface area contributed by atoms with Crippen LogP contribution in [-0.2, 0) is 17.3 Å². The number of nitrogen functional groups attached to an aromatic ring is 1. The normalized spacial score (nSPS) is 29.3. The molecule has 2 fully saturated rings. The van der Waals surface area contributed by atoms with E-state index in [2.05, 4.69) is 4.98 Å². The van der Waals surface area contributed by atoms with Crippen molar-refractivity contribution in [2.45, 2.75) is 44.3 Å². The Bertz CT molecular complexity index is 809. The summed E-state index contributed by atoms with van der Waals surface area (Å²) in [6.07, 6.45) is -1.59. The van der Waals surface area contributed by atoms with Gasteiger partial charge in [0, 0.05) is 11.8 Å². The van der Waals surface area contributed by atoms with Gasteiger partial charge in [-0.25, -0.2) is 4.98 Å². The van der Waals surface area contributed by atoms with E-state index >= 15 is 0 Å². The Hall–Kier alpha value is -1.86. The van der Waals surface area contributed by atoms with E-state index in [1.807, 2.05) is 6.07 Å². The maximum Gasteiger partial charge on any atom is 0.419 e. The van der Waals surface area contributed by atoms with Crippen LogP contribution in [-0.4, -0.2) is 22.5 Å². The zero-order valence-corrected chi connectivity index (χ0v) is 13.5. The molecular formula is C18H19F3N2O2. The smallest absolute Gasteiger partial charge is 0.383 e. The molecule has 1 aliphatic heterocycles. The minimum Gasteiger partial charge on any atom is -0.383 e. The van der Waals surface area contributed by atoms with Crippen LogP contribution in [0.3, 0.4) is 0 Å². The second-order valence-corrected chi connectivity index (χ2v) is 7.04. The van der Waals surface area contributed by atoms with Gasteiger partial charge in [0.15, 0.2) is 6.29 Å². The minimum atomic E-state index is -4.51. The zero-order chi connectivity index (χ0) is 17.8. The molecule has 4 atom stereocenters. The summed E-state index contributed by atoms with van der Waals surface area (Å²) in [5.41, 5.74) is 6.05. The summed E-state index contributed by atoms with van der Waals surface area (Å²) < 4.78 is 44.4. The molecule has 0 bridgehead atoms. The molecule has 2 aromatic rings. The highest BCUT2D eigenvalue weighted by atomic mass is 19.4. The van der Waals surface area contributed by atoms with E-state index in [4.69, 9.17) is 10.5 Å². The molecule has 1 saturated heterocycles. The first-order valence-electron chi connectivity index (χ1n) is 8.41. The lowest BCUT2D eigenvalue weighted by Gasteiger charge is -2.19. The summed E-state index contributed by atoms with van der Waals surface area (Å²) in [4.78, 5) is 3.94. The number of ether oxygens (including phenoxy) is 1. The second kappa shape index (κ2) is 5.85. The summed E-state index contributed by atoms with van der Waals surface area (Å²) in [5, 5.41) is 10.1. The van der Waals surface area contributed by atoms with Crippen molar-refractivity contribution < 1.29 is 23.0 Å². The summed E-state index contributed by atoms with van der Waals surface area (Å²) in [5.74, 6) is 0.218. The van der Waals surface area contributed by atoms with Gasteiger partial charge in [0.2, 0.25) is 0 Å². The lowest BCUT2D eigenvalue weighted by atomic mass is 9.93. The number of aromatic nitrogens is 1. The van der Waals surface area contributed by atoms with Gasteiger partial charge < -0.3 is 15.6 Å². The fourth-order valence-corrected chi connectivity index (χ4v) is 4.21. The fraction of sp³-hybridized carbons (Fsp3) is 0.500. The predicted molar refractivity (Wildman–Crippen MR) is 86.6 cm³/mol. The Morgan fingerprint density at radius 1 is 1.24 bits per heavy atom. The number of anilines is 1. The highest BCUT2D eigenvalue weighted by Gasteiger charge is 2.43. The summed E-state index contributed by atoms with van der Waals surface area (Å²) in [6, 6.07) is 6.33. The molecule has 4 unspecified atom stereocenters. The SMILES string of the molecule is Nc1nc2cc(CC3CCC4CC(O)OC34)ccc2cc1C(F)(F)F. The Morgan fingerprint density at radius 3 is 2.80 bits per heavy atom. The number of hydrogen-bond donors (Lipinski definition) is 2. The number of alkyl halides is 3. The topological polar surface area (TPSA) is 68.4 Å². The summed E-state index contributed by atoms with van der Waals surface area (Å²) in [7, 11) is 0. The van der Waals surface area contributed by atoms with Gasteiger partial charge in [-0.15, -0.1) is 0 Å². The van der Waals surface area contributed by atoms with Crippen molar-refractivity contribution in [2.24, 2.45) is 11.8 Å². The van der Waals surface area contributed by atoms with Crippen molar-refractivity contribution in [3.05, 3.63) is 35.4 Å². The van der Waals surface area contributed by atoms with Crippen molar-refractivity contribution >= 4 is 16.7 Å². The highest BCUT2D eigenvalue weighted by Crippen LogP contribution is 2.43. The number of pyridine rings is 1. The number of nitrogens with two attached hydrogens (primary N) is 1. The van der Waals surface area contributed by atoms with E-state index in [1.54, 1.807) is 12.1 Å². The van der Waals surface area contributed by atoms with Crippen molar-refractivity contribution in [1.29, 1.82) is 0 Å². The molecule has 0 radical (unpaired) electrons. The van der Waals surface area contributed by atoms with Crippen LogP contribution in [0.5, 0.6) is 0 Å². The van der Waals surface area contributed by atoms with Gasteiger partial charge >= 0.3 is 6.18 Å². The molecule has 0 amide bonds. The Balaban J connectivity index is 1.59. The molecule has 2 aliphatic rings. The predicted octanol–water partition coefficient (Wildman–Crippen LogP) is 3.51. The van der Waals surface area contributed by atoms with Gasteiger partial charge in [-0.3, -0.25) is 0 Å². The number of fused-ring (bicyclic) bond motifs is 2. The molecule has 3 N–H and O–H groups in total. The number of hydrogen-bond acceptors (Lipinski definition) is 4. The number of halogens is 3. The molecule has 25 heavy (non-hydrogen) atoms. The van der Waals surface area contributed by atoms with Crippen LogP contribution in [0, 0.1) is 11.8 Å². The van der Waals surface area contributed by atoms with Crippen LogP contribution in [0.2, 0.25) is 0 Å². The molecule has 1 aromatic heterocycles. The molecule has 134 valence electrons. The maximum atomic E-state index is 12.9. The van der Waals surface area contributed by atoms with Crippen molar-refractivity contribution in [2.75, 3.05) is 5.73 Å². The number of aliphatic hydroxyl groups is 1. The third-order valence-corrected chi connectivity index (χ3v) is 5.37. The molecule has 1 saturated carbocycles. The second-order valence-electron chi connectivity index (χ2n) is 7.04. The van der Waals surface area contributed by atoms with Gasteiger partial charge in [0.1, 0.15) is 5.82 Å². The Morgan fingerprint density at radius 2 is 2.04 bits per heavy atom. The number of nitrogens with zero attached hydrogens (tertiary/aromatic N) is 1. The van der Waals surface area contributed by atoms with Crippen molar-refractivity contribution in [1.82, 2.24) is 4.98 Å². The Kier molecular flexibility index (Phi) is 3.88. The van der Waals surface area contributed by atoms with E-state index in [-0.39, 0.29) is 6.10 Å². The molecular weight excluding hydrogens is 333 g/mol. The first-order chi connectivity index (χ1) is 11.8. The van der Waals surface area contributed by atoms with Crippen LogP contribution in [0.25, 0.3) is 10.9 Å². The van der Waals surface area contributed by atoms with Crippen LogP contribution < -0.4 is 5.73 Å². The van der Waals surface area contributed by atoms with E-state index in [0.29, 0.717) is 29.2 Å². The first-order valence-corrected chi connectivity index (χ1v) is 8.41. The van der Waals surface area contributed by atoms with E-state index in [9.17, 15) is 18.3 Å². The lowest BCUT2D eigenvalue weighted by Crippen LogP contribution is -2.21. The number of aliphatic hydroxyl groups excluding tert-OH is 1. The van der Waals surface area contributed by atoms with Crippen molar-refractivity contribution in [3.63, 3.8) is 0 Å². The van der Waals surface area contributed by atoms with Crippen LogP contribution >= 0.6 is 0 Å². The average Bonchev–Trinajstić information content (AvgIpc) is 3.06.